The molecule has 0 radical (unpaired) electrons. The number of imidazole rings is 1. The summed E-state index contributed by atoms with van der Waals surface area (Å²) in [5, 5.41) is 21.0. The zero-order valence-electron chi connectivity index (χ0n) is 11.5. The van der Waals surface area contributed by atoms with Crippen molar-refractivity contribution in [2.24, 2.45) is 14.1 Å². The van der Waals surface area contributed by atoms with Gasteiger partial charge in [-0.1, -0.05) is 5.21 Å². The molecule has 0 amide bonds. The van der Waals surface area contributed by atoms with E-state index in [9.17, 15) is 9.90 Å². The Labute approximate surface area is 119 Å². The molecule has 0 unspecified atom stereocenters. The van der Waals surface area contributed by atoms with Crippen molar-refractivity contribution in [3.63, 3.8) is 0 Å². The minimum atomic E-state index is -1.13. The maximum absolute atomic E-state index is 11.3. The SMILES string of the molecule is Cn1cc(Cn2nnc(C(=O)O)c2-c2nccn2C)cn1. The lowest BCUT2D eigenvalue weighted by Crippen LogP contribution is -2.08. The number of carboxylic acid groups (broad SMARTS) is 1. The number of hydrogen-bond donors (Lipinski definition) is 1. The van der Waals surface area contributed by atoms with Gasteiger partial charge in [0.15, 0.2) is 5.82 Å². The lowest BCUT2D eigenvalue weighted by atomic mass is 10.2. The van der Waals surface area contributed by atoms with Gasteiger partial charge in [-0.3, -0.25) is 4.68 Å². The molecule has 0 fully saturated rings. The van der Waals surface area contributed by atoms with Gasteiger partial charge in [0.1, 0.15) is 5.69 Å². The Bertz CT molecular complexity index is 798. The molecule has 1 N–H and O–H groups in total. The van der Waals surface area contributed by atoms with Crippen LogP contribution >= 0.6 is 0 Å². The summed E-state index contributed by atoms with van der Waals surface area (Å²) < 4.78 is 4.92. The fourth-order valence-corrected chi connectivity index (χ4v) is 2.11. The molecule has 0 aliphatic heterocycles. The van der Waals surface area contributed by atoms with E-state index >= 15 is 0 Å². The van der Waals surface area contributed by atoms with E-state index < -0.39 is 5.97 Å². The first kappa shape index (κ1) is 13.0. The standard InChI is InChI=1S/C12H13N7O2/c1-17-4-3-13-11(17)10-9(12(20)21)15-16-19(10)7-8-5-14-18(2)6-8/h3-6H,7H2,1-2H3,(H,20,21). The second kappa shape index (κ2) is 4.85. The van der Waals surface area contributed by atoms with Crippen LogP contribution in [0.5, 0.6) is 0 Å². The average Bonchev–Trinajstić information content (AvgIpc) is 3.11. The number of aromatic nitrogens is 7. The topological polar surface area (TPSA) is 104 Å². The van der Waals surface area contributed by atoms with Gasteiger partial charge in [-0.2, -0.15) is 5.10 Å². The number of aromatic carboxylic acids is 1. The van der Waals surface area contributed by atoms with E-state index in [0.717, 1.165) is 5.56 Å². The van der Waals surface area contributed by atoms with E-state index in [-0.39, 0.29) is 5.69 Å². The molecule has 9 nitrogen and oxygen atoms in total. The molecule has 0 aliphatic carbocycles. The van der Waals surface area contributed by atoms with Crippen LogP contribution in [0.1, 0.15) is 16.1 Å². The van der Waals surface area contributed by atoms with Gasteiger partial charge in [-0.15, -0.1) is 5.10 Å². The summed E-state index contributed by atoms with van der Waals surface area (Å²) in [6.07, 6.45) is 6.87. The highest BCUT2D eigenvalue weighted by Gasteiger charge is 2.23. The van der Waals surface area contributed by atoms with Gasteiger partial charge < -0.3 is 9.67 Å². The first-order chi connectivity index (χ1) is 10.1. The molecule has 0 aromatic carbocycles. The molecule has 9 heteroatoms. The summed E-state index contributed by atoms with van der Waals surface area (Å²) in [4.78, 5) is 15.5. The highest BCUT2D eigenvalue weighted by molar-refractivity contribution is 5.91. The molecule has 21 heavy (non-hydrogen) atoms. The number of aryl methyl sites for hydroxylation is 2. The molecular formula is C12H13N7O2. The molecular weight excluding hydrogens is 274 g/mol. The van der Waals surface area contributed by atoms with Gasteiger partial charge in [0, 0.05) is 38.2 Å². The summed E-state index contributed by atoms with van der Waals surface area (Å²) in [6, 6.07) is 0. The van der Waals surface area contributed by atoms with Gasteiger partial charge in [0.05, 0.1) is 12.7 Å². The zero-order valence-corrected chi connectivity index (χ0v) is 11.5. The molecule has 0 saturated carbocycles. The second-order valence-electron chi connectivity index (χ2n) is 4.63. The van der Waals surface area contributed by atoms with Crippen molar-refractivity contribution < 1.29 is 9.90 Å². The largest absolute Gasteiger partial charge is 0.476 e. The Morgan fingerprint density at radius 1 is 1.38 bits per heavy atom. The Kier molecular flexibility index (Phi) is 3.01. The van der Waals surface area contributed by atoms with Crippen molar-refractivity contribution in [3.05, 3.63) is 36.0 Å². The van der Waals surface area contributed by atoms with E-state index in [1.807, 2.05) is 13.2 Å². The van der Waals surface area contributed by atoms with Crippen molar-refractivity contribution in [1.82, 2.24) is 34.3 Å². The first-order valence-corrected chi connectivity index (χ1v) is 6.18. The fraction of sp³-hybridized carbons (Fsp3) is 0.250. The van der Waals surface area contributed by atoms with Crippen molar-refractivity contribution >= 4 is 5.97 Å². The molecule has 3 rings (SSSR count). The fourth-order valence-electron chi connectivity index (χ4n) is 2.11. The summed E-state index contributed by atoms with van der Waals surface area (Å²) >= 11 is 0. The van der Waals surface area contributed by atoms with Crippen LogP contribution in [0.15, 0.2) is 24.8 Å². The minimum absolute atomic E-state index is 0.117. The predicted octanol–water partition coefficient (Wildman–Crippen LogP) is 0.159. The Hall–Kier alpha value is -2.97. The quantitative estimate of drug-likeness (QED) is 0.733. The molecule has 0 spiro atoms. The predicted molar refractivity (Wildman–Crippen MR) is 71.5 cm³/mol. The van der Waals surface area contributed by atoms with Crippen LogP contribution in [0.3, 0.4) is 0 Å². The van der Waals surface area contributed by atoms with E-state index in [2.05, 4.69) is 20.4 Å². The Balaban J connectivity index is 2.09. The van der Waals surface area contributed by atoms with Crippen molar-refractivity contribution in [1.29, 1.82) is 0 Å². The third-order valence-corrected chi connectivity index (χ3v) is 3.06. The Morgan fingerprint density at radius 3 is 2.76 bits per heavy atom. The van der Waals surface area contributed by atoms with Crippen molar-refractivity contribution in [2.45, 2.75) is 6.54 Å². The van der Waals surface area contributed by atoms with Crippen LogP contribution in [-0.2, 0) is 20.6 Å². The van der Waals surface area contributed by atoms with E-state index in [0.29, 0.717) is 18.1 Å². The van der Waals surface area contributed by atoms with Crippen LogP contribution in [-0.4, -0.2) is 45.4 Å². The summed E-state index contributed by atoms with van der Waals surface area (Å²) in [7, 11) is 3.60. The monoisotopic (exact) mass is 287 g/mol. The highest BCUT2D eigenvalue weighted by atomic mass is 16.4. The van der Waals surface area contributed by atoms with Gasteiger partial charge in [-0.05, 0) is 0 Å². The third kappa shape index (κ3) is 2.29. The number of carbonyl (C=O) groups is 1. The van der Waals surface area contributed by atoms with Crippen LogP contribution in [0, 0.1) is 0 Å². The first-order valence-electron chi connectivity index (χ1n) is 6.18. The third-order valence-electron chi connectivity index (χ3n) is 3.06. The smallest absolute Gasteiger partial charge is 0.358 e. The van der Waals surface area contributed by atoms with E-state index in [1.165, 1.54) is 4.68 Å². The van der Waals surface area contributed by atoms with Gasteiger partial charge in [0.25, 0.3) is 0 Å². The number of hydrogen-bond acceptors (Lipinski definition) is 5. The maximum Gasteiger partial charge on any atom is 0.358 e. The van der Waals surface area contributed by atoms with E-state index in [1.54, 1.807) is 34.9 Å². The molecule has 0 aliphatic rings. The molecule has 0 saturated heterocycles. The lowest BCUT2D eigenvalue weighted by molar-refractivity contribution is 0.0691. The van der Waals surface area contributed by atoms with Crippen LogP contribution in [0.4, 0.5) is 0 Å². The number of rotatable bonds is 4. The molecule has 3 aromatic heterocycles. The van der Waals surface area contributed by atoms with Crippen molar-refractivity contribution in [2.75, 3.05) is 0 Å². The van der Waals surface area contributed by atoms with Crippen molar-refractivity contribution in [3.8, 4) is 11.5 Å². The second-order valence-corrected chi connectivity index (χ2v) is 4.63. The molecule has 108 valence electrons. The lowest BCUT2D eigenvalue weighted by Gasteiger charge is -2.05. The van der Waals surface area contributed by atoms with Gasteiger partial charge in [0.2, 0.25) is 5.69 Å². The van der Waals surface area contributed by atoms with Crippen LogP contribution < -0.4 is 0 Å². The molecule has 3 heterocycles. The van der Waals surface area contributed by atoms with Crippen LogP contribution in [0.25, 0.3) is 11.5 Å². The van der Waals surface area contributed by atoms with E-state index in [4.69, 9.17) is 0 Å². The molecule has 0 bridgehead atoms. The molecule has 0 atom stereocenters. The number of carboxylic acids is 1. The molecule has 3 aromatic rings. The minimum Gasteiger partial charge on any atom is -0.476 e. The maximum atomic E-state index is 11.3. The van der Waals surface area contributed by atoms with Gasteiger partial charge >= 0.3 is 5.97 Å². The summed E-state index contributed by atoms with van der Waals surface area (Å²) in [5.41, 5.74) is 1.15. The Morgan fingerprint density at radius 2 is 2.19 bits per heavy atom. The normalized spacial score (nSPS) is 11.0. The zero-order chi connectivity index (χ0) is 15.0. The summed E-state index contributed by atoms with van der Waals surface area (Å²) in [6.45, 7) is 0.371. The van der Waals surface area contributed by atoms with Crippen LogP contribution in [0.2, 0.25) is 0 Å². The highest BCUT2D eigenvalue weighted by Crippen LogP contribution is 2.21. The van der Waals surface area contributed by atoms with Gasteiger partial charge in [-0.25, -0.2) is 14.5 Å². The number of nitrogens with zero attached hydrogens (tertiary/aromatic N) is 7. The average molecular weight is 287 g/mol. The summed E-state index contributed by atoms with van der Waals surface area (Å²) in [5.74, 6) is -0.633.